The second-order valence-corrected chi connectivity index (χ2v) is 12.6. The number of rotatable bonds is 8. The molecular formula is C25H29N5O6S2. The Morgan fingerprint density at radius 2 is 1.55 bits per heavy atom. The Morgan fingerprint density at radius 3 is 2.16 bits per heavy atom. The molecule has 11 nitrogen and oxygen atoms in total. The van der Waals surface area contributed by atoms with E-state index in [1.807, 2.05) is 0 Å². The number of amides is 1. The van der Waals surface area contributed by atoms with Crippen molar-refractivity contribution in [2.24, 2.45) is 5.92 Å². The maximum absolute atomic E-state index is 13.1. The summed E-state index contributed by atoms with van der Waals surface area (Å²) in [5, 5.41) is 2.76. The first kappa shape index (κ1) is 27.5. The number of aromatic nitrogens is 2. The predicted molar refractivity (Wildman–Crippen MR) is 142 cm³/mol. The standard InChI is InChI=1S/C25H29N5O6S2/c1-17-15-18(2)27-25(26-17)29-37(32,33)22-10-6-20(7-11-22)28-24(31)19-5-4-14-30(16-19)38(34,35)23-12-8-21(36-3)9-13-23/h6-13,15,19H,4-5,14,16H2,1-3H3,(H,28,31)(H,26,27,29)/t19-/m1/s1. The number of benzene rings is 2. The second kappa shape index (κ2) is 11.1. The van der Waals surface area contributed by atoms with Gasteiger partial charge in [0.05, 0.1) is 22.8 Å². The number of hydrogen-bond donors (Lipinski definition) is 2. The van der Waals surface area contributed by atoms with Gasteiger partial charge in [-0.1, -0.05) is 0 Å². The topological polar surface area (TPSA) is 148 Å². The van der Waals surface area contributed by atoms with E-state index >= 15 is 0 Å². The Bertz CT molecular complexity index is 1510. The minimum atomic E-state index is -3.94. The van der Waals surface area contributed by atoms with Crippen LogP contribution in [0, 0.1) is 19.8 Å². The van der Waals surface area contributed by atoms with Crippen LogP contribution in [-0.2, 0) is 24.8 Å². The van der Waals surface area contributed by atoms with Crippen molar-refractivity contribution in [3.63, 3.8) is 0 Å². The van der Waals surface area contributed by atoms with Crippen LogP contribution in [-0.4, -0.2) is 57.2 Å². The molecule has 0 bridgehead atoms. The molecule has 202 valence electrons. The third-order valence-electron chi connectivity index (χ3n) is 6.09. The van der Waals surface area contributed by atoms with Crippen LogP contribution in [0.25, 0.3) is 0 Å². The summed E-state index contributed by atoms with van der Waals surface area (Å²) in [5.74, 6) is -0.361. The van der Waals surface area contributed by atoms with Gasteiger partial charge in [0.25, 0.3) is 10.0 Å². The van der Waals surface area contributed by atoms with Crippen molar-refractivity contribution >= 4 is 37.6 Å². The summed E-state index contributed by atoms with van der Waals surface area (Å²) in [7, 11) is -6.20. The zero-order valence-corrected chi connectivity index (χ0v) is 22.8. The summed E-state index contributed by atoms with van der Waals surface area (Å²) in [5.41, 5.74) is 1.66. The van der Waals surface area contributed by atoms with Gasteiger partial charge >= 0.3 is 0 Å². The Hall–Kier alpha value is -3.55. The van der Waals surface area contributed by atoms with E-state index < -0.39 is 26.0 Å². The molecule has 0 aliphatic carbocycles. The van der Waals surface area contributed by atoms with Crippen LogP contribution in [0.2, 0.25) is 0 Å². The van der Waals surface area contributed by atoms with Gasteiger partial charge in [0.1, 0.15) is 5.75 Å². The molecule has 3 aromatic rings. The summed E-state index contributed by atoms with van der Waals surface area (Å²) >= 11 is 0. The van der Waals surface area contributed by atoms with E-state index in [9.17, 15) is 21.6 Å². The maximum Gasteiger partial charge on any atom is 0.264 e. The van der Waals surface area contributed by atoms with Crippen LogP contribution >= 0.6 is 0 Å². The number of carbonyl (C=O) groups is 1. The highest BCUT2D eigenvalue weighted by Crippen LogP contribution is 2.26. The first-order valence-corrected chi connectivity index (χ1v) is 14.8. The molecule has 4 rings (SSSR count). The van der Waals surface area contributed by atoms with E-state index in [1.165, 1.54) is 47.8 Å². The Labute approximate surface area is 222 Å². The van der Waals surface area contributed by atoms with Crippen molar-refractivity contribution in [3.05, 3.63) is 66.0 Å². The van der Waals surface area contributed by atoms with Crippen molar-refractivity contribution in [1.29, 1.82) is 0 Å². The fourth-order valence-corrected chi connectivity index (χ4v) is 6.65. The quantitative estimate of drug-likeness (QED) is 0.428. The van der Waals surface area contributed by atoms with Crippen LogP contribution in [0.1, 0.15) is 24.2 Å². The zero-order valence-electron chi connectivity index (χ0n) is 21.2. The van der Waals surface area contributed by atoms with Crippen molar-refractivity contribution in [1.82, 2.24) is 14.3 Å². The van der Waals surface area contributed by atoms with Gasteiger partial charge in [0.2, 0.25) is 21.9 Å². The lowest BCUT2D eigenvalue weighted by atomic mass is 9.99. The fourth-order valence-electron chi connectivity index (χ4n) is 4.18. The number of carbonyl (C=O) groups excluding carboxylic acids is 1. The Balaban J connectivity index is 1.41. The second-order valence-electron chi connectivity index (χ2n) is 8.97. The molecule has 0 radical (unpaired) electrons. The summed E-state index contributed by atoms with van der Waals surface area (Å²) < 4.78 is 60.4. The van der Waals surface area contributed by atoms with Crippen LogP contribution < -0.4 is 14.8 Å². The highest BCUT2D eigenvalue weighted by molar-refractivity contribution is 7.92. The van der Waals surface area contributed by atoms with Crippen molar-refractivity contribution < 1.29 is 26.4 Å². The van der Waals surface area contributed by atoms with Crippen molar-refractivity contribution in [3.8, 4) is 5.75 Å². The van der Waals surface area contributed by atoms with E-state index in [0.717, 1.165) is 0 Å². The number of hydrogen-bond acceptors (Lipinski definition) is 8. The molecule has 1 fully saturated rings. The number of nitrogens with zero attached hydrogens (tertiary/aromatic N) is 3. The number of piperidine rings is 1. The van der Waals surface area contributed by atoms with Gasteiger partial charge in [0.15, 0.2) is 0 Å². The Morgan fingerprint density at radius 1 is 0.947 bits per heavy atom. The third-order valence-corrected chi connectivity index (χ3v) is 9.32. The van der Waals surface area contributed by atoms with Gasteiger partial charge in [-0.25, -0.2) is 31.5 Å². The van der Waals surface area contributed by atoms with Crippen LogP contribution in [0.4, 0.5) is 11.6 Å². The molecule has 2 heterocycles. The van der Waals surface area contributed by atoms with Gasteiger partial charge in [-0.05, 0) is 81.3 Å². The average molecular weight is 560 g/mol. The molecule has 2 N–H and O–H groups in total. The summed E-state index contributed by atoms with van der Waals surface area (Å²) in [6.45, 7) is 3.85. The molecule has 2 aromatic carbocycles. The Kier molecular flexibility index (Phi) is 7.99. The van der Waals surface area contributed by atoms with Gasteiger partial charge in [-0.2, -0.15) is 4.31 Å². The number of aryl methyl sites for hydroxylation is 2. The normalized spacial score (nSPS) is 16.6. The first-order chi connectivity index (χ1) is 18.0. The molecule has 1 saturated heterocycles. The summed E-state index contributed by atoms with van der Waals surface area (Å²) in [6.07, 6.45) is 1.07. The molecule has 0 saturated carbocycles. The number of nitrogens with one attached hydrogen (secondary N) is 2. The molecular weight excluding hydrogens is 530 g/mol. The molecule has 1 atom stereocenters. The van der Waals surface area contributed by atoms with E-state index in [-0.39, 0.29) is 28.2 Å². The molecule has 1 aromatic heterocycles. The number of ether oxygens (including phenoxy) is 1. The van der Waals surface area contributed by atoms with Gasteiger partial charge < -0.3 is 10.1 Å². The summed E-state index contributed by atoms with van der Waals surface area (Å²) in [6, 6.07) is 13.5. The molecule has 1 amide bonds. The monoisotopic (exact) mass is 559 g/mol. The lowest BCUT2D eigenvalue weighted by Crippen LogP contribution is -2.43. The largest absolute Gasteiger partial charge is 0.497 e. The van der Waals surface area contributed by atoms with Gasteiger partial charge in [0, 0.05) is 30.2 Å². The minimum absolute atomic E-state index is 0.0207. The van der Waals surface area contributed by atoms with Crippen LogP contribution in [0.15, 0.2) is 64.4 Å². The minimum Gasteiger partial charge on any atom is -0.497 e. The number of methoxy groups -OCH3 is 1. The summed E-state index contributed by atoms with van der Waals surface area (Å²) in [4.78, 5) is 21.3. The van der Waals surface area contributed by atoms with Gasteiger partial charge in [-0.15, -0.1) is 0 Å². The highest BCUT2D eigenvalue weighted by atomic mass is 32.2. The number of anilines is 2. The van der Waals surface area contributed by atoms with E-state index in [1.54, 1.807) is 32.0 Å². The van der Waals surface area contributed by atoms with Gasteiger partial charge in [-0.3, -0.25) is 4.79 Å². The van der Waals surface area contributed by atoms with Crippen LogP contribution in [0.5, 0.6) is 5.75 Å². The fraction of sp³-hybridized carbons (Fsp3) is 0.320. The van der Waals surface area contributed by atoms with Crippen molar-refractivity contribution in [2.75, 3.05) is 30.2 Å². The molecule has 1 aliphatic heterocycles. The van der Waals surface area contributed by atoms with Crippen molar-refractivity contribution in [2.45, 2.75) is 36.5 Å². The van der Waals surface area contributed by atoms with E-state index in [2.05, 4.69) is 20.0 Å². The van der Waals surface area contributed by atoms with E-state index in [0.29, 0.717) is 42.2 Å². The molecule has 13 heteroatoms. The zero-order chi connectivity index (χ0) is 27.5. The first-order valence-electron chi connectivity index (χ1n) is 11.9. The smallest absolute Gasteiger partial charge is 0.264 e. The molecule has 38 heavy (non-hydrogen) atoms. The predicted octanol–water partition coefficient (Wildman–Crippen LogP) is 2.94. The highest BCUT2D eigenvalue weighted by Gasteiger charge is 2.33. The maximum atomic E-state index is 13.1. The molecule has 0 unspecified atom stereocenters. The molecule has 0 spiro atoms. The third kappa shape index (κ3) is 6.29. The lowest BCUT2D eigenvalue weighted by molar-refractivity contribution is -0.120. The lowest BCUT2D eigenvalue weighted by Gasteiger charge is -2.31. The molecule has 1 aliphatic rings. The average Bonchev–Trinajstić information content (AvgIpc) is 2.88. The SMILES string of the molecule is COc1ccc(S(=O)(=O)N2CCC[C@@H](C(=O)Nc3ccc(S(=O)(=O)Nc4nc(C)cc(C)n4)cc3)C2)cc1. The van der Waals surface area contributed by atoms with Crippen LogP contribution in [0.3, 0.4) is 0 Å². The van der Waals surface area contributed by atoms with E-state index in [4.69, 9.17) is 4.74 Å². The number of sulfonamides is 2.